The largest absolute Gasteiger partial charge is 0.381 e. The highest BCUT2D eigenvalue weighted by molar-refractivity contribution is 7.99. The van der Waals surface area contributed by atoms with Crippen molar-refractivity contribution < 1.29 is 4.74 Å². The van der Waals surface area contributed by atoms with Crippen LogP contribution in [-0.2, 0) is 4.74 Å². The lowest BCUT2D eigenvalue weighted by Gasteiger charge is -2.30. The van der Waals surface area contributed by atoms with E-state index in [0.29, 0.717) is 6.04 Å². The van der Waals surface area contributed by atoms with E-state index in [-0.39, 0.29) is 0 Å². The maximum absolute atomic E-state index is 5.57. The van der Waals surface area contributed by atoms with Crippen molar-refractivity contribution in [3.63, 3.8) is 0 Å². The van der Waals surface area contributed by atoms with E-state index in [1.54, 1.807) is 0 Å². The first kappa shape index (κ1) is 13.3. The third-order valence-electron chi connectivity index (χ3n) is 2.92. The summed E-state index contributed by atoms with van der Waals surface area (Å²) < 4.78 is 5.57. The monoisotopic (exact) mass is 231 g/mol. The fraction of sp³-hybridized carbons (Fsp3) is 1.00. The van der Waals surface area contributed by atoms with Crippen molar-refractivity contribution in [3.05, 3.63) is 0 Å². The maximum atomic E-state index is 5.57. The van der Waals surface area contributed by atoms with E-state index < -0.39 is 0 Å². The molecule has 1 N–H and O–H groups in total. The van der Waals surface area contributed by atoms with Gasteiger partial charge >= 0.3 is 0 Å². The van der Waals surface area contributed by atoms with Crippen molar-refractivity contribution in [2.45, 2.75) is 39.2 Å². The molecule has 0 amide bonds. The lowest BCUT2D eigenvalue weighted by molar-refractivity contribution is 0.0427. The third-order valence-corrected chi connectivity index (χ3v) is 3.93. The van der Waals surface area contributed by atoms with Crippen LogP contribution in [0.15, 0.2) is 0 Å². The topological polar surface area (TPSA) is 21.3 Å². The van der Waals surface area contributed by atoms with Crippen LogP contribution in [0.25, 0.3) is 0 Å². The minimum Gasteiger partial charge on any atom is -0.381 e. The summed E-state index contributed by atoms with van der Waals surface area (Å²) in [4.78, 5) is 0. The van der Waals surface area contributed by atoms with E-state index >= 15 is 0 Å². The van der Waals surface area contributed by atoms with Crippen LogP contribution in [0.4, 0.5) is 0 Å². The zero-order chi connectivity index (χ0) is 10.9. The Bertz CT molecular complexity index is 141. The van der Waals surface area contributed by atoms with Crippen LogP contribution in [-0.4, -0.2) is 37.3 Å². The van der Waals surface area contributed by atoms with E-state index in [4.69, 9.17) is 4.74 Å². The lowest BCUT2D eigenvalue weighted by atomic mass is 9.95. The first-order valence-corrected chi connectivity index (χ1v) is 7.42. The Morgan fingerprint density at radius 2 is 2.33 bits per heavy atom. The Labute approximate surface area is 98.5 Å². The maximum Gasteiger partial charge on any atom is 0.0509 e. The molecule has 3 heteroatoms. The molecular weight excluding hydrogens is 206 g/mol. The van der Waals surface area contributed by atoms with Gasteiger partial charge in [0.15, 0.2) is 0 Å². The summed E-state index contributed by atoms with van der Waals surface area (Å²) in [6.07, 6.45) is 3.80. The molecule has 1 aliphatic rings. The molecule has 1 fully saturated rings. The average molecular weight is 231 g/mol. The minimum absolute atomic E-state index is 0.662. The molecule has 90 valence electrons. The highest BCUT2D eigenvalue weighted by Gasteiger charge is 2.23. The van der Waals surface area contributed by atoms with Gasteiger partial charge < -0.3 is 10.1 Å². The third kappa shape index (κ3) is 5.23. The number of rotatable bonds is 7. The summed E-state index contributed by atoms with van der Waals surface area (Å²) in [5.41, 5.74) is 0. The van der Waals surface area contributed by atoms with E-state index in [1.807, 2.05) is 11.8 Å². The normalized spacial score (nSPS) is 24.0. The van der Waals surface area contributed by atoms with Gasteiger partial charge in [-0.15, -0.1) is 0 Å². The molecule has 2 atom stereocenters. The Kier molecular flexibility index (Phi) is 7.49. The zero-order valence-electron chi connectivity index (χ0n) is 10.1. The number of ether oxygens (including phenoxy) is 1. The van der Waals surface area contributed by atoms with Crippen LogP contribution in [0.5, 0.6) is 0 Å². The van der Waals surface area contributed by atoms with Gasteiger partial charge in [-0.3, -0.25) is 0 Å². The van der Waals surface area contributed by atoms with Crippen molar-refractivity contribution >= 4 is 11.8 Å². The molecule has 2 nitrogen and oxygen atoms in total. The molecule has 0 spiro atoms. The number of hydrogen-bond acceptors (Lipinski definition) is 3. The number of nitrogens with one attached hydrogen (secondary N) is 1. The second-order valence-electron chi connectivity index (χ2n) is 4.20. The first-order chi connectivity index (χ1) is 7.38. The van der Waals surface area contributed by atoms with Crippen molar-refractivity contribution in [3.8, 4) is 0 Å². The van der Waals surface area contributed by atoms with Gasteiger partial charge in [0.25, 0.3) is 0 Å². The molecule has 2 unspecified atom stereocenters. The Morgan fingerprint density at radius 3 is 2.93 bits per heavy atom. The van der Waals surface area contributed by atoms with E-state index in [0.717, 1.165) is 25.7 Å². The Hall–Kier alpha value is 0.270. The Balaban J connectivity index is 2.30. The van der Waals surface area contributed by atoms with Crippen molar-refractivity contribution in [2.24, 2.45) is 5.92 Å². The molecule has 15 heavy (non-hydrogen) atoms. The van der Waals surface area contributed by atoms with Crippen LogP contribution in [0.1, 0.15) is 33.1 Å². The van der Waals surface area contributed by atoms with Crippen LogP contribution in [0.3, 0.4) is 0 Å². The molecule has 0 aromatic carbocycles. The quantitative estimate of drug-likeness (QED) is 0.727. The summed E-state index contributed by atoms with van der Waals surface area (Å²) in [7, 11) is 0. The minimum atomic E-state index is 0.662. The van der Waals surface area contributed by atoms with Gasteiger partial charge in [0.05, 0.1) is 6.61 Å². The number of thioether (sulfide) groups is 1. The smallest absolute Gasteiger partial charge is 0.0509 e. The average Bonchev–Trinajstić information content (AvgIpc) is 2.30. The molecule has 1 heterocycles. The predicted molar refractivity (Wildman–Crippen MR) is 68.6 cm³/mol. The molecule has 1 aliphatic heterocycles. The SMILES string of the molecule is CCCNC(CSCC)C1CCCOC1. The standard InChI is InChI=1S/C12H25NOS/c1-3-7-13-12(10-15-4-2)11-6-5-8-14-9-11/h11-13H,3-10H2,1-2H3. The highest BCUT2D eigenvalue weighted by Crippen LogP contribution is 2.20. The van der Waals surface area contributed by atoms with Crippen molar-refractivity contribution in [1.82, 2.24) is 5.32 Å². The van der Waals surface area contributed by atoms with Crippen LogP contribution in [0.2, 0.25) is 0 Å². The molecule has 1 saturated heterocycles. The van der Waals surface area contributed by atoms with Crippen LogP contribution in [0, 0.1) is 5.92 Å². The molecule has 1 rings (SSSR count). The van der Waals surface area contributed by atoms with Gasteiger partial charge in [-0.25, -0.2) is 0 Å². The summed E-state index contributed by atoms with van der Waals surface area (Å²) in [6, 6.07) is 0.662. The molecule has 0 aliphatic carbocycles. The van der Waals surface area contributed by atoms with E-state index in [1.165, 1.54) is 30.8 Å². The second kappa shape index (κ2) is 8.43. The summed E-state index contributed by atoms with van der Waals surface area (Å²) in [5.74, 6) is 3.20. The van der Waals surface area contributed by atoms with Crippen molar-refractivity contribution in [1.29, 1.82) is 0 Å². The van der Waals surface area contributed by atoms with Gasteiger partial charge in [0, 0.05) is 18.4 Å². The van der Waals surface area contributed by atoms with Gasteiger partial charge in [-0.2, -0.15) is 11.8 Å². The van der Waals surface area contributed by atoms with Gasteiger partial charge in [0.1, 0.15) is 0 Å². The predicted octanol–water partition coefficient (Wildman–Crippen LogP) is 2.53. The van der Waals surface area contributed by atoms with Crippen LogP contribution >= 0.6 is 11.8 Å². The van der Waals surface area contributed by atoms with E-state index in [9.17, 15) is 0 Å². The highest BCUT2D eigenvalue weighted by atomic mass is 32.2. The summed E-state index contributed by atoms with van der Waals surface area (Å²) >= 11 is 2.04. The van der Waals surface area contributed by atoms with Gasteiger partial charge in [-0.05, 0) is 37.5 Å². The first-order valence-electron chi connectivity index (χ1n) is 6.27. The fourth-order valence-corrected chi connectivity index (χ4v) is 2.90. The van der Waals surface area contributed by atoms with Crippen molar-refractivity contribution in [2.75, 3.05) is 31.3 Å². The summed E-state index contributed by atoms with van der Waals surface area (Å²) in [5, 5.41) is 3.67. The molecule has 0 aromatic heterocycles. The number of hydrogen-bond donors (Lipinski definition) is 1. The van der Waals surface area contributed by atoms with E-state index in [2.05, 4.69) is 19.2 Å². The zero-order valence-corrected chi connectivity index (χ0v) is 10.9. The van der Waals surface area contributed by atoms with Gasteiger partial charge in [-0.1, -0.05) is 13.8 Å². The van der Waals surface area contributed by atoms with Gasteiger partial charge in [0.2, 0.25) is 0 Å². The van der Waals surface area contributed by atoms with Crippen LogP contribution < -0.4 is 5.32 Å². The lowest BCUT2D eigenvalue weighted by Crippen LogP contribution is -2.42. The second-order valence-corrected chi connectivity index (χ2v) is 5.52. The fourth-order valence-electron chi connectivity index (χ4n) is 2.02. The molecular formula is C12H25NOS. The molecule has 0 radical (unpaired) electrons. The summed E-state index contributed by atoms with van der Waals surface area (Å²) in [6.45, 7) is 7.54. The molecule has 0 aromatic rings. The molecule has 0 saturated carbocycles. The molecule has 0 bridgehead atoms. The Morgan fingerprint density at radius 1 is 1.47 bits per heavy atom.